The maximum Gasteiger partial charge on any atom is 0.321 e. The number of amides is 2. The molecule has 1 saturated heterocycles. The molecule has 1 aromatic rings. The van der Waals surface area contributed by atoms with E-state index in [-0.39, 0.29) is 18.7 Å². The van der Waals surface area contributed by atoms with Crippen molar-refractivity contribution in [2.45, 2.75) is 25.9 Å². The van der Waals surface area contributed by atoms with Crippen LogP contribution in [-0.4, -0.2) is 48.8 Å². The first kappa shape index (κ1) is 16.6. The quantitative estimate of drug-likeness (QED) is 0.886. The van der Waals surface area contributed by atoms with Gasteiger partial charge in [0.05, 0.1) is 23.8 Å². The number of rotatable bonds is 3. The molecule has 2 atom stereocenters. The summed E-state index contributed by atoms with van der Waals surface area (Å²) in [5.74, 6) is -0.245. The topological polar surface area (TPSA) is 88.1 Å². The van der Waals surface area contributed by atoms with Crippen LogP contribution in [0, 0.1) is 5.41 Å². The number of ether oxygens (including phenoxy) is 2. The van der Waals surface area contributed by atoms with Crippen molar-refractivity contribution < 1.29 is 24.2 Å². The minimum Gasteiger partial charge on any atom is -0.491 e. The third kappa shape index (κ3) is 2.91. The normalized spacial score (nSPS) is 25.8. The average Bonchev–Trinajstić information content (AvgIpc) is 2.98. The molecule has 1 fully saturated rings. The van der Waals surface area contributed by atoms with Crippen LogP contribution in [0.5, 0.6) is 5.75 Å². The van der Waals surface area contributed by atoms with Crippen molar-refractivity contribution in [2.24, 2.45) is 5.41 Å². The third-order valence-corrected chi connectivity index (χ3v) is 4.82. The molecule has 7 nitrogen and oxygen atoms in total. The fraction of sp³-hybridized carbons (Fsp3) is 0.529. The van der Waals surface area contributed by atoms with E-state index in [0.717, 1.165) is 12.0 Å². The number of nitrogens with zero attached hydrogens (tertiary/aromatic N) is 1. The molecule has 2 amide bonds. The highest BCUT2D eigenvalue weighted by Gasteiger charge is 2.42. The van der Waals surface area contributed by atoms with E-state index in [2.05, 4.69) is 5.32 Å². The number of nitrogens with one attached hydrogen (secondary N) is 1. The molecule has 130 valence electrons. The van der Waals surface area contributed by atoms with E-state index in [1.54, 1.807) is 20.1 Å². The lowest BCUT2D eigenvalue weighted by Crippen LogP contribution is -2.37. The molecule has 0 saturated carbocycles. The zero-order chi connectivity index (χ0) is 17.3. The van der Waals surface area contributed by atoms with E-state index in [1.165, 1.54) is 4.90 Å². The number of aliphatic carboxylic acids is 1. The molecule has 0 bridgehead atoms. The Bertz CT molecular complexity index is 662. The van der Waals surface area contributed by atoms with Crippen molar-refractivity contribution in [1.82, 2.24) is 4.90 Å². The van der Waals surface area contributed by atoms with Gasteiger partial charge in [0.15, 0.2) is 0 Å². The van der Waals surface area contributed by atoms with Crippen molar-refractivity contribution in [3.05, 3.63) is 23.8 Å². The van der Waals surface area contributed by atoms with Gasteiger partial charge in [-0.2, -0.15) is 0 Å². The van der Waals surface area contributed by atoms with Gasteiger partial charge in [-0.3, -0.25) is 4.79 Å². The maximum atomic E-state index is 12.5. The molecule has 2 heterocycles. The Morgan fingerprint density at radius 2 is 2.25 bits per heavy atom. The van der Waals surface area contributed by atoms with Crippen LogP contribution in [0.2, 0.25) is 0 Å². The zero-order valence-corrected chi connectivity index (χ0v) is 13.9. The number of benzene rings is 1. The van der Waals surface area contributed by atoms with Crippen molar-refractivity contribution >= 4 is 17.7 Å². The molecule has 2 N–H and O–H groups in total. The second kappa shape index (κ2) is 6.32. The van der Waals surface area contributed by atoms with Crippen molar-refractivity contribution in [2.75, 3.05) is 32.1 Å². The number of hydrogen-bond acceptors (Lipinski definition) is 4. The minimum absolute atomic E-state index is 0.0484. The largest absolute Gasteiger partial charge is 0.491 e. The van der Waals surface area contributed by atoms with Crippen LogP contribution in [0.15, 0.2) is 18.2 Å². The van der Waals surface area contributed by atoms with Gasteiger partial charge < -0.3 is 24.8 Å². The first-order valence-corrected chi connectivity index (χ1v) is 8.02. The minimum atomic E-state index is -0.884. The number of likely N-dealkylation sites (tertiary alicyclic amines) is 1. The van der Waals surface area contributed by atoms with Gasteiger partial charge in [-0.1, -0.05) is 12.1 Å². The number of methoxy groups -OCH3 is 1. The van der Waals surface area contributed by atoms with Gasteiger partial charge in [-0.15, -0.1) is 0 Å². The molecule has 0 aliphatic carbocycles. The predicted octanol–water partition coefficient (Wildman–Crippen LogP) is 2.49. The van der Waals surface area contributed by atoms with Crippen LogP contribution in [-0.2, 0) is 9.53 Å². The number of hydrogen-bond donors (Lipinski definition) is 2. The number of para-hydroxylation sites is 1. The number of carboxylic acid groups (broad SMARTS) is 1. The fourth-order valence-electron chi connectivity index (χ4n) is 3.24. The molecule has 1 aromatic carbocycles. The molecule has 0 spiro atoms. The van der Waals surface area contributed by atoms with Gasteiger partial charge in [0.25, 0.3) is 0 Å². The van der Waals surface area contributed by atoms with E-state index < -0.39 is 11.4 Å². The highest BCUT2D eigenvalue weighted by Crippen LogP contribution is 2.39. The Balaban J connectivity index is 1.75. The lowest BCUT2D eigenvalue weighted by molar-refractivity contribution is -0.146. The van der Waals surface area contributed by atoms with Crippen LogP contribution in [0.3, 0.4) is 0 Å². The summed E-state index contributed by atoms with van der Waals surface area (Å²) in [7, 11) is 1.65. The lowest BCUT2D eigenvalue weighted by Gasteiger charge is -2.27. The van der Waals surface area contributed by atoms with Gasteiger partial charge in [-0.25, -0.2) is 4.79 Å². The molecule has 2 unspecified atom stereocenters. The lowest BCUT2D eigenvalue weighted by atomic mass is 9.90. The van der Waals surface area contributed by atoms with Gasteiger partial charge >= 0.3 is 12.0 Å². The predicted molar refractivity (Wildman–Crippen MR) is 87.3 cm³/mol. The number of carbonyl (C=O) groups excluding carboxylic acids is 1. The Morgan fingerprint density at radius 1 is 1.46 bits per heavy atom. The Morgan fingerprint density at radius 3 is 2.92 bits per heavy atom. The molecule has 3 rings (SSSR count). The summed E-state index contributed by atoms with van der Waals surface area (Å²) < 4.78 is 11.2. The Hall–Kier alpha value is -2.28. The van der Waals surface area contributed by atoms with E-state index in [0.29, 0.717) is 31.0 Å². The number of carboxylic acids is 1. The van der Waals surface area contributed by atoms with Gasteiger partial charge in [0.1, 0.15) is 5.75 Å². The molecular weight excluding hydrogens is 312 g/mol. The standard InChI is InChI=1S/C17H22N2O5/c1-17(15(20)21)7-8-19(10-17)16(22)18-12-5-3-4-11-13(23-2)6-9-24-14(11)12/h3-5,13H,6-10H2,1-2H3,(H,18,22)(H,20,21). The van der Waals surface area contributed by atoms with Gasteiger partial charge in [-0.05, 0) is 19.4 Å². The van der Waals surface area contributed by atoms with E-state index >= 15 is 0 Å². The molecule has 2 aliphatic heterocycles. The highest BCUT2D eigenvalue weighted by atomic mass is 16.5. The summed E-state index contributed by atoms with van der Waals surface area (Å²) >= 11 is 0. The number of anilines is 1. The van der Waals surface area contributed by atoms with Gasteiger partial charge in [0, 0.05) is 32.2 Å². The molecule has 7 heteroatoms. The third-order valence-electron chi connectivity index (χ3n) is 4.82. The fourth-order valence-corrected chi connectivity index (χ4v) is 3.24. The SMILES string of the molecule is COC1CCOc2c(NC(=O)N3CCC(C)(C(=O)O)C3)cccc21. The van der Waals surface area contributed by atoms with Gasteiger partial charge in [0.2, 0.25) is 0 Å². The number of carbonyl (C=O) groups is 2. The number of fused-ring (bicyclic) bond motifs is 1. The molecule has 2 aliphatic rings. The molecular formula is C17H22N2O5. The van der Waals surface area contributed by atoms with Crippen LogP contribution in [0.25, 0.3) is 0 Å². The summed E-state index contributed by atoms with van der Waals surface area (Å²) in [6.45, 7) is 2.81. The van der Waals surface area contributed by atoms with Crippen molar-refractivity contribution in [1.29, 1.82) is 0 Å². The molecule has 0 aromatic heterocycles. The highest BCUT2D eigenvalue weighted by molar-refractivity contribution is 5.92. The summed E-state index contributed by atoms with van der Waals surface area (Å²) in [6, 6.07) is 5.24. The summed E-state index contributed by atoms with van der Waals surface area (Å²) in [5.41, 5.74) is 0.618. The Kier molecular flexibility index (Phi) is 4.36. The second-order valence-corrected chi connectivity index (χ2v) is 6.55. The summed E-state index contributed by atoms with van der Waals surface area (Å²) in [4.78, 5) is 25.3. The Labute approximate surface area is 140 Å². The first-order valence-electron chi connectivity index (χ1n) is 8.02. The van der Waals surface area contributed by atoms with Crippen LogP contribution < -0.4 is 10.1 Å². The second-order valence-electron chi connectivity index (χ2n) is 6.55. The zero-order valence-electron chi connectivity index (χ0n) is 13.9. The average molecular weight is 334 g/mol. The summed E-state index contributed by atoms with van der Waals surface area (Å²) in [6.07, 6.45) is 1.17. The van der Waals surface area contributed by atoms with Crippen molar-refractivity contribution in [3.63, 3.8) is 0 Å². The monoisotopic (exact) mass is 334 g/mol. The van der Waals surface area contributed by atoms with E-state index in [1.807, 2.05) is 12.1 Å². The van der Waals surface area contributed by atoms with E-state index in [9.17, 15) is 14.7 Å². The number of urea groups is 1. The van der Waals surface area contributed by atoms with Crippen LogP contribution in [0.4, 0.5) is 10.5 Å². The van der Waals surface area contributed by atoms with E-state index in [4.69, 9.17) is 9.47 Å². The van der Waals surface area contributed by atoms with Crippen LogP contribution >= 0.6 is 0 Å². The molecule has 0 radical (unpaired) electrons. The smallest absolute Gasteiger partial charge is 0.321 e. The van der Waals surface area contributed by atoms with Crippen LogP contribution in [0.1, 0.15) is 31.4 Å². The summed E-state index contributed by atoms with van der Waals surface area (Å²) in [5, 5.41) is 12.1. The maximum absolute atomic E-state index is 12.5. The molecule has 24 heavy (non-hydrogen) atoms. The van der Waals surface area contributed by atoms with Crippen molar-refractivity contribution in [3.8, 4) is 5.75 Å². The first-order chi connectivity index (χ1) is 11.4.